The second-order valence-electron chi connectivity index (χ2n) is 5.11. The number of ether oxygens (including phenoxy) is 2. The van der Waals surface area contributed by atoms with Crippen LogP contribution in [0.25, 0.3) is 0 Å². The molecule has 0 saturated heterocycles. The number of carbonyl (C=O) groups is 2. The van der Waals surface area contributed by atoms with Gasteiger partial charge in [-0.25, -0.2) is 13.2 Å². The fourth-order valence-corrected chi connectivity index (χ4v) is 3.23. The highest BCUT2D eigenvalue weighted by Gasteiger charge is 2.20. The van der Waals surface area contributed by atoms with Gasteiger partial charge in [0.25, 0.3) is 15.9 Å². The highest BCUT2D eigenvalue weighted by atomic mass is 32.2. The largest absolute Gasteiger partial charge is 0.497 e. The van der Waals surface area contributed by atoms with Gasteiger partial charge in [0.05, 0.1) is 30.4 Å². The molecule has 2 N–H and O–H groups in total. The van der Waals surface area contributed by atoms with Crippen molar-refractivity contribution in [3.8, 4) is 5.75 Å². The topological polar surface area (TPSA) is 111 Å². The predicted molar refractivity (Wildman–Crippen MR) is 95.0 cm³/mol. The number of esters is 1. The lowest BCUT2D eigenvalue weighted by Gasteiger charge is -2.13. The van der Waals surface area contributed by atoms with Gasteiger partial charge in [0, 0.05) is 12.6 Å². The quantitative estimate of drug-likeness (QED) is 0.740. The molecule has 0 heterocycles. The maximum atomic E-state index is 12.6. The summed E-state index contributed by atoms with van der Waals surface area (Å²) >= 11 is 0. The van der Waals surface area contributed by atoms with Crippen LogP contribution in [0.2, 0.25) is 0 Å². The van der Waals surface area contributed by atoms with E-state index in [4.69, 9.17) is 4.74 Å². The Bertz CT molecular complexity index is 923. The lowest BCUT2D eigenvalue weighted by Crippen LogP contribution is -2.19. The summed E-state index contributed by atoms with van der Waals surface area (Å²) in [6, 6.07) is 9.67. The average molecular weight is 378 g/mol. The number of sulfonamides is 1. The van der Waals surface area contributed by atoms with Gasteiger partial charge in [-0.15, -0.1) is 0 Å². The molecular formula is C17H18N2O6S. The van der Waals surface area contributed by atoms with E-state index in [1.165, 1.54) is 63.7 Å². The number of hydrogen-bond donors (Lipinski definition) is 2. The van der Waals surface area contributed by atoms with E-state index in [0.717, 1.165) is 0 Å². The average Bonchev–Trinajstić information content (AvgIpc) is 2.66. The zero-order chi connectivity index (χ0) is 19.3. The maximum absolute atomic E-state index is 12.6. The van der Waals surface area contributed by atoms with Gasteiger partial charge in [-0.3, -0.25) is 9.52 Å². The molecule has 0 unspecified atom stereocenters. The Morgan fingerprint density at radius 1 is 1.00 bits per heavy atom. The minimum absolute atomic E-state index is 0.0115. The second kappa shape index (κ2) is 7.87. The van der Waals surface area contributed by atoms with Crippen molar-refractivity contribution in [2.24, 2.45) is 0 Å². The highest BCUT2D eigenvalue weighted by Crippen LogP contribution is 2.25. The molecule has 0 aliphatic rings. The van der Waals surface area contributed by atoms with Crippen LogP contribution >= 0.6 is 0 Å². The van der Waals surface area contributed by atoms with Crippen LogP contribution in [0.4, 0.5) is 5.69 Å². The third kappa shape index (κ3) is 4.12. The molecule has 0 aliphatic carbocycles. The molecule has 138 valence electrons. The van der Waals surface area contributed by atoms with Crippen molar-refractivity contribution < 1.29 is 27.5 Å². The maximum Gasteiger partial charge on any atom is 0.340 e. The van der Waals surface area contributed by atoms with Crippen molar-refractivity contribution in [1.82, 2.24) is 5.32 Å². The molecule has 9 heteroatoms. The first-order chi connectivity index (χ1) is 12.3. The molecular weight excluding hydrogens is 360 g/mol. The summed E-state index contributed by atoms with van der Waals surface area (Å²) in [5, 5.41) is 2.45. The Kier molecular flexibility index (Phi) is 5.83. The Morgan fingerprint density at radius 2 is 1.65 bits per heavy atom. The number of methoxy groups -OCH3 is 2. The fourth-order valence-electron chi connectivity index (χ4n) is 2.15. The fraction of sp³-hybridized carbons (Fsp3) is 0.176. The SMILES string of the molecule is CNC(=O)c1ccc(S(=O)(=O)Nc2ccc(OC)cc2C(=O)OC)cc1. The Balaban J connectivity index is 2.37. The van der Waals surface area contributed by atoms with Crippen molar-refractivity contribution in [3.63, 3.8) is 0 Å². The van der Waals surface area contributed by atoms with Crippen molar-refractivity contribution in [1.29, 1.82) is 0 Å². The van der Waals surface area contributed by atoms with E-state index >= 15 is 0 Å². The van der Waals surface area contributed by atoms with E-state index in [1.54, 1.807) is 0 Å². The summed E-state index contributed by atoms with van der Waals surface area (Å²) in [6.45, 7) is 0. The van der Waals surface area contributed by atoms with Gasteiger partial charge in [-0.1, -0.05) is 0 Å². The molecule has 0 bridgehead atoms. The van der Waals surface area contributed by atoms with Crippen LogP contribution in [0.3, 0.4) is 0 Å². The summed E-state index contributed by atoms with van der Waals surface area (Å²) in [5.74, 6) is -0.662. The number of rotatable bonds is 6. The molecule has 2 rings (SSSR count). The molecule has 1 amide bonds. The van der Waals surface area contributed by atoms with E-state index in [9.17, 15) is 18.0 Å². The summed E-state index contributed by atoms with van der Waals surface area (Å²) < 4.78 is 37.2. The van der Waals surface area contributed by atoms with Crippen LogP contribution in [-0.2, 0) is 14.8 Å². The minimum atomic E-state index is -3.98. The van der Waals surface area contributed by atoms with Gasteiger partial charge in [0.2, 0.25) is 0 Å². The lowest BCUT2D eigenvalue weighted by molar-refractivity contribution is 0.0601. The first-order valence-corrected chi connectivity index (χ1v) is 8.92. The molecule has 2 aromatic carbocycles. The van der Waals surface area contributed by atoms with E-state index in [1.807, 2.05) is 0 Å². The molecule has 0 spiro atoms. The molecule has 0 radical (unpaired) electrons. The first-order valence-electron chi connectivity index (χ1n) is 7.43. The molecule has 2 aromatic rings. The standard InChI is InChI=1S/C17H18N2O6S/c1-18-16(20)11-4-7-13(8-5-11)26(22,23)19-15-9-6-12(24-2)10-14(15)17(21)25-3/h4-10,19H,1-3H3,(H,18,20). The van der Waals surface area contributed by atoms with Gasteiger partial charge in [-0.2, -0.15) is 0 Å². The molecule has 0 aliphatic heterocycles. The second-order valence-corrected chi connectivity index (χ2v) is 6.79. The van der Waals surface area contributed by atoms with Crippen LogP contribution in [0.15, 0.2) is 47.4 Å². The van der Waals surface area contributed by atoms with Crippen LogP contribution in [0.5, 0.6) is 5.75 Å². The number of carbonyl (C=O) groups excluding carboxylic acids is 2. The molecule has 26 heavy (non-hydrogen) atoms. The van der Waals surface area contributed by atoms with E-state index < -0.39 is 16.0 Å². The highest BCUT2D eigenvalue weighted by molar-refractivity contribution is 7.92. The number of amides is 1. The zero-order valence-corrected chi connectivity index (χ0v) is 15.2. The Morgan fingerprint density at radius 3 is 2.19 bits per heavy atom. The number of anilines is 1. The van der Waals surface area contributed by atoms with Gasteiger partial charge in [-0.05, 0) is 42.5 Å². The summed E-state index contributed by atoms with van der Waals surface area (Å²) in [4.78, 5) is 23.4. The van der Waals surface area contributed by atoms with Crippen LogP contribution in [0.1, 0.15) is 20.7 Å². The Labute approximate surface area is 151 Å². The van der Waals surface area contributed by atoms with Crippen LogP contribution < -0.4 is 14.8 Å². The molecule has 0 aromatic heterocycles. The van der Waals surface area contributed by atoms with Crippen LogP contribution in [-0.4, -0.2) is 41.6 Å². The molecule has 8 nitrogen and oxygen atoms in total. The van der Waals surface area contributed by atoms with Gasteiger partial charge >= 0.3 is 5.97 Å². The molecule has 0 fully saturated rings. The van der Waals surface area contributed by atoms with Crippen LogP contribution in [0, 0.1) is 0 Å². The number of hydrogen-bond acceptors (Lipinski definition) is 6. The van der Waals surface area contributed by atoms with Crippen molar-refractivity contribution in [3.05, 3.63) is 53.6 Å². The normalized spacial score (nSPS) is 10.7. The van der Waals surface area contributed by atoms with E-state index in [2.05, 4.69) is 14.8 Å². The van der Waals surface area contributed by atoms with E-state index in [-0.39, 0.29) is 22.1 Å². The first kappa shape index (κ1) is 19.3. The number of benzene rings is 2. The van der Waals surface area contributed by atoms with E-state index in [0.29, 0.717) is 11.3 Å². The van der Waals surface area contributed by atoms with Gasteiger partial charge < -0.3 is 14.8 Å². The Hall–Kier alpha value is -3.07. The summed E-state index contributed by atoms with van der Waals surface area (Å²) in [5.41, 5.74) is 0.386. The smallest absolute Gasteiger partial charge is 0.340 e. The molecule has 0 atom stereocenters. The summed E-state index contributed by atoms with van der Waals surface area (Å²) in [7, 11) is 0.119. The number of nitrogens with one attached hydrogen (secondary N) is 2. The minimum Gasteiger partial charge on any atom is -0.497 e. The zero-order valence-electron chi connectivity index (χ0n) is 14.4. The van der Waals surface area contributed by atoms with Gasteiger partial charge in [0.15, 0.2) is 0 Å². The summed E-state index contributed by atoms with van der Waals surface area (Å²) in [6.07, 6.45) is 0. The third-order valence-electron chi connectivity index (χ3n) is 3.53. The third-order valence-corrected chi connectivity index (χ3v) is 4.91. The molecule has 0 saturated carbocycles. The van der Waals surface area contributed by atoms with Crippen molar-refractivity contribution in [2.75, 3.05) is 26.0 Å². The lowest BCUT2D eigenvalue weighted by atomic mass is 10.2. The monoisotopic (exact) mass is 378 g/mol. The van der Waals surface area contributed by atoms with Crippen molar-refractivity contribution >= 4 is 27.6 Å². The predicted octanol–water partition coefficient (Wildman–Crippen LogP) is 1.64. The van der Waals surface area contributed by atoms with Gasteiger partial charge in [0.1, 0.15) is 5.75 Å². The van der Waals surface area contributed by atoms with Crippen molar-refractivity contribution in [2.45, 2.75) is 4.90 Å².